The molecule has 1 saturated heterocycles. The molecule has 0 spiro atoms. The van der Waals surface area contributed by atoms with Crippen molar-refractivity contribution in [3.05, 3.63) is 47.4 Å². The monoisotopic (exact) mass is 339 g/mol. The number of carbonyl (C=O) groups excluding carboxylic acids is 2. The van der Waals surface area contributed by atoms with Crippen molar-refractivity contribution in [1.82, 2.24) is 14.9 Å². The number of para-hydroxylation sites is 1. The van der Waals surface area contributed by atoms with Crippen LogP contribution in [0.1, 0.15) is 21.6 Å². The number of hydrogen-bond acceptors (Lipinski definition) is 5. The number of rotatable bonds is 4. The molecule has 2 heterocycles. The van der Waals surface area contributed by atoms with Gasteiger partial charge in [0.15, 0.2) is 0 Å². The highest BCUT2D eigenvalue weighted by atomic mass is 16.2. The predicted molar refractivity (Wildman–Crippen MR) is 95.8 cm³/mol. The smallest absolute Gasteiger partial charge is 0.275 e. The maximum atomic E-state index is 12.4. The molecule has 25 heavy (non-hydrogen) atoms. The Labute approximate surface area is 146 Å². The largest absolute Gasteiger partial charge is 0.352 e. The van der Waals surface area contributed by atoms with Gasteiger partial charge in [0.1, 0.15) is 11.5 Å². The molecule has 0 atom stereocenters. The molecule has 2 aromatic rings. The van der Waals surface area contributed by atoms with Gasteiger partial charge >= 0.3 is 0 Å². The Bertz CT molecular complexity index is 747. The lowest BCUT2D eigenvalue weighted by Gasteiger charge is -2.33. The number of nitrogens with one attached hydrogen (secondary N) is 1. The Morgan fingerprint density at radius 3 is 2.32 bits per heavy atom. The predicted octanol–water partition coefficient (Wildman–Crippen LogP) is 1.62. The first-order valence-corrected chi connectivity index (χ1v) is 8.22. The number of amides is 2. The second kappa shape index (κ2) is 7.29. The lowest BCUT2D eigenvalue weighted by molar-refractivity contribution is -0.118. The molecule has 1 aromatic carbocycles. The minimum Gasteiger partial charge on any atom is -0.352 e. The highest BCUT2D eigenvalue weighted by Crippen LogP contribution is 2.20. The van der Waals surface area contributed by atoms with Crippen molar-refractivity contribution >= 4 is 23.8 Å². The Hall–Kier alpha value is -2.96. The van der Waals surface area contributed by atoms with E-state index in [1.54, 1.807) is 11.1 Å². The zero-order valence-electron chi connectivity index (χ0n) is 14.4. The first-order valence-electron chi connectivity index (χ1n) is 8.22. The van der Waals surface area contributed by atoms with E-state index in [1.807, 2.05) is 32.0 Å². The minimum atomic E-state index is -0.276. The maximum Gasteiger partial charge on any atom is 0.275 e. The van der Waals surface area contributed by atoms with E-state index in [-0.39, 0.29) is 11.6 Å². The average Bonchev–Trinajstić information content (AvgIpc) is 2.65. The Morgan fingerprint density at radius 2 is 1.76 bits per heavy atom. The summed E-state index contributed by atoms with van der Waals surface area (Å²) in [6.45, 7) is 6.66. The third kappa shape index (κ3) is 3.76. The number of hydrogen-bond donors (Lipinski definition) is 1. The SMILES string of the molecule is Cc1cccc(C)c1NC(=O)c1cnc(N2CCN(C=O)CC2)cn1. The maximum absolute atomic E-state index is 12.4. The number of carbonyl (C=O) groups is 2. The van der Waals surface area contributed by atoms with Crippen LogP contribution in [0.25, 0.3) is 0 Å². The minimum absolute atomic E-state index is 0.276. The Balaban J connectivity index is 1.68. The number of piperazine rings is 1. The van der Waals surface area contributed by atoms with Gasteiger partial charge in [-0.25, -0.2) is 9.97 Å². The Kier molecular flexibility index (Phi) is 4.92. The van der Waals surface area contributed by atoms with E-state index in [9.17, 15) is 9.59 Å². The third-order valence-corrected chi connectivity index (χ3v) is 4.38. The van der Waals surface area contributed by atoms with Gasteiger partial charge in [-0.1, -0.05) is 18.2 Å². The van der Waals surface area contributed by atoms with E-state index in [2.05, 4.69) is 20.2 Å². The molecule has 1 aliphatic rings. The summed E-state index contributed by atoms with van der Waals surface area (Å²) in [5.74, 6) is 0.441. The van der Waals surface area contributed by atoms with E-state index in [0.29, 0.717) is 32.0 Å². The molecule has 0 bridgehead atoms. The number of nitrogens with zero attached hydrogens (tertiary/aromatic N) is 4. The number of benzene rings is 1. The van der Waals surface area contributed by atoms with Crippen LogP contribution in [-0.4, -0.2) is 53.4 Å². The Morgan fingerprint density at radius 1 is 1.08 bits per heavy atom. The average molecular weight is 339 g/mol. The molecular formula is C18H21N5O2. The molecule has 1 aromatic heterocycles. The zero-order valence-corrected chi connectivity index (χ0v) is 14.4. The quantitative estimate of drug-likeness (QED) is 0.857. The van der Waals surface area contributed by atoms with Gasteiger partial charge in [-0.15, -0.1) is 0 Å². The first kappa shape index (κ1) is 16.9. The van der Waals surface area contributed by atoms with Crippen LogP contribution >= 0.6 is 0 Å². The van der Waals surface area contributed by atoms with Gasteiger partial charge in [-0.05, 0) is 25.0 Å². The molecule has 7 heteroatoms. The zero-order chi connectivity index (χ0) is 17.8. The third-order valence-electron chi connectivity index (χ3n) is 4.38. The fraction of sp³-hybridized carbons (Fsp3) is 0.333. The summed E-state index contributed by atoms with van der Waals surface area (Å²) in [7, 11) is 0. The van der Waals surface area contributed by atoms with Crippen LogP contribution in [0.4, 0.5) is 11.5 Å². The molecule has 1 aliphatic heterocycles. The summed E-state index contributed by atoms with van der Waals surface area (Å²) in [5, 5.41) is 2.91. The van der Waals surface area contributed by atoms with Gasteiger partial charge in [-0.3, -0.25) is 9.59 Å². The topological polar surface area (TPSA) is 78.4 Å². The molecule has 0 saturated carbocycles. The highest BCUT2D eigenvalue weighted by molar-refractivity contribution is 6.03. The molecule has 0 radical (unpaired) electrons. The van der Waals surface area contributed by atoms with Crippen LogP contribution in [0.15, 0.2) is 30.6 Å². The molecule has 0 aliphatic carbocycles. The summed E-state index contributed by atoms with van der Waals surface area (Å²) in [6, 6.07) is 5.87. The van der Waals surface area contributed by atoms with Gasteiger partial charge in [0, 0.05) is 31.9 Å². The van der Waals surface area contributed by atoms with Crippen LogP contribution in [0.3, 0.4) is 0 Å². The van der Waals surface area contributed by atoms with E-state index < -0.39 is 0 Å². The van der Waals surface area contributed by atoms with E-state index >= 15 is 0 Å². The molecule has 1 fully saturated rings. The normalized spacial score (nSPS) is 14.3. The summed E-state index contributed by atoms with van der Waals surface area (Å²) >= 11 is 0. The van der Waals surface area contributed by atoms with Crippen molar-refractivity contribution in [2.75, 3.05) is 36.4 Å². The molecular weight excluding hydrogens is 318 g/mol. The summed E-state index contributed by atoms with van der Waals surface area (Å²) in [5.41, 5.74) is 3.10. The summed E-state index contributed by atoms with van der Waals surface area (Å²) in [6.07, 6.45) is 3.96. The lowest BCUT2D eigenvalue weighted by atomic mass is 10.1. The fourth-order valence-corrected chi connectivity index (χ4v) is 2.85. The molecule has 2 amide bonds. The van der Waals surface area contributed by atoms with E-state index in [4.69, 9.17) is 0 Å². The van der Waals surface area contributed by atoms with Gasteiger partial charge in [0.05, 0.1) is 12.4 Å². The van der Waals surface area contributed by atoms with Crippen molar-refractivity contribution in [1.29, 1.82) is 0 Å². The second-order valence-corrected chi connectivity index (χ2v) is 6.11. The highest BCUT2D eigenvalue weighted by Gasteiger charge is 2.18. The van der Waals surface area contributed by atoms with Crippen LogP contribution in [0.2, 0.25) is 0 Å². The van der Waals surface area contributed by atoms with Gasteiger partial charge in [-0.2, -0.15) is 0 Å². The second-order valence-electron chi connectivity index (χ2n) is 6.11. The van der Waals surface area contributed by atoms with Crippen molar-refractivity contribution < 1.29 is 9.59 Å². The first-order chi connectivity index (χ1) is 12.1. The molecule has 7 nitrogen and oxygen atoms in total. The number of anilines is 2. The van der Waals surface area contributed by atoms with Gasteiger partial charge in [0.2, 0.25) is 6.41 Å². The summed E-state index contributed by atoms with van der Waals surface area (Å²) < 4.78 is 0. The lowest BCUT2D eigenvalue weighted by Crippen LogP contribution is -2.46. The van der Waals surface area contributed by atoms with Crippen molar-refractivity contribution in [2.45, 2.75) is 13.8 Å². The van der Waals surface area contributed by atoms with Crippen molar-refractivity contribution in [2.24, 2.45) is 0 Å². The number of aromatic nitrogens is 2. The molecule has 0 unspecified atom stereocenters. The van der Waals surface area contributed by atoms with E-state index in [0.717, 1.165) is 23.2 Å². The standard InChI is InChI=1S/C18H21N5O2/c1-13-4-3-5-14(2)17(13)21-18(25)15-10-20-16(11-19-15)23-8-6-22(12-24)7-9-23/h3-5,10-12H,6-9H2,1-2H3,(H,21,25). The molecule has 130 valence electrons. The van der Waals surface area contributed by atoms with Crippen LogP contribution in [0.5, 0.6) is 0 Å². The van der Waals surface area contributed by atoms with Crippen molar-refractivity contribution in [3.8, 4) is 0 Å². The van der Waals surface area contributed by atoms with Crippen LogP contribution in [-0.2, 0) is 4.79 Å². The van der Waals surface area contributed by atoms with Gasteiger partial charge in [0.25, 0.3) is 5.91 Å². The molecule has 1 N–H and O–H groups in total. The van der Waals surface area contributed by atoms with Crippen molar-refractivity contribution in [3.63, 3.8) is 0 Å². The molecule has 3 rings (SSSR count). The number of aryl methyl sites for hydroxylation is 2. The van der Waals surface area contributed by atoms with Crippen LogP contribution in [0, 0.1) is 13.8 Å². The fourth-order valence-electron chi connectivity index (χ4n) is 2.85. The summed E-state index contributed by atoms with van der Waals surface area (Å²) in [4.78, 5) is 35.6. The van der Waals surface area contributed by atoms with Crippen LogP contribution < -0.4 is 10.2 Å². The van der Waals surface area contributed by atoms with Gasteiger partial charge < -0.3 is 15.1 Å². The van der Waals surface area contributed by atoms with E-state index in [1.165, 1.54) is 6.20 Å².